The monoisotopic (exact) mass is 556 g/mol. The molecule has 0 fully saturated rings. The van der Waals surface area contributed by atoms with E-state index in [0.717, 1.165) is 21.6 Å². The van der Waals surface area contributed by atoms with Crippen LogP contribution in [0.15, 0.2) is 89.9 Å². The summed E-state index contributed by atoms with van der Waals surface area (Å²) in [5.74, 6) is -2.07. The summed E-state index contributed by atoms with van der Waals surface area (Å²) in [5, 5.41) is 0.423. The number of rotatable bonds is 9. The van der Waals surface area contributed by atoms with E-state index in [0.29, 0.717) is 23.3 Å². The number of hydrogen-bond acceptors (Lipinski definition) is 4. The van der Waals surface area contributed by atoms with E-state index >= 15 is 0 Å². The Labute approximate surface area is 236 Å². The number of Topliss-reactive ketones (excluding diaryl/α,β-unsaturated/α-hetero) is 1. The van der Waals surface area contributed by atoms with Crippen LogP contribution in [0.25, 0.3) is 20.7 Å². The molecule has 204 valence electrons. The highest BCUT2D eigenvalue weighted by atomic mass is 32.1. The number of halogens is 2. The van der Waals surface area contributed by atoms with E-state index in [-0.39, 0.29) is 28.9 Å². The molecule has 3 aromatic carbocycles. The van der Waals surface area contributed by atoms with Gasteiger partial charge in [-0.05, 0) is 35.9 Å². The van der Waals surface area contributed by atoms with Crippen molar-refractivity contribution >= 4 is 27.3 Å². The van der Waals surface area contributed by atoms with Crippen molar-refractivity contribution in [1.29, 1.82) is 0 Å². The van der Waals surface area contributed by atoms with Gasteiger partial charge in [-0.2, -0.15) is 0 Å². The Morgan fingerprint density at radius 3 is 2.12 bits per heavy atom. The van der Waals surface area contributed by atoms with Crippen LogP contribution in [-0.4, -0.2) is 22.3 Å². The molecular formula is C33H30F2N2O2S. The first-order valence-corrected chi connectivity index (χ1v) is 14.0. The molecule has 5 aromatic rings. The predicted octanol–water partition coefficient (Wildman–Crippen LogP) is 7.53. The van der Waals surface area contributed by atoms with Gasteiger partial charge in [0.2, 0.25) is 5.43 Å². The molecule has 0 aliphatic rings. The quantitative estimate of drug-likeness (QED) is 0.176. The van der Waals surface area contributed by atoms with Crippen LogP contribution in [0, 0.1) is 17.6 Å². The number of carbonyl (C=O) groups excluding carboxylic acids is 1. The normalized spacial score (nSPS) is 11.6. The number of ketones is 1. The second kappa shape index (κ2) is 11.7. The summed E-state index contributed by atoms with van der Waals surface area (Å²) in [5.41, 5.74) is 2.44. The number of hydrogen-bond donors (Lipinski definition) is 0. The predicted molar refractivity (Wildman–Crippen MR) is 158 cm³/mol. The molecule has 0 saturated heterocycles. The first-order chi connectivity index (χ1) is 19.2. The lowest BCUT2D eigenvalue weighted by Gasteiger charge is -2.18. The molecular weight excluding hydrogens is 526 g/mol. The third-order valence-corrected chi connectivity index (χ3v) is 8.26. The van der Waals surface area contributed by atoms with Crippen molar-refractivity contribution in [3.63, 3.8) is 0 Å². The highest BCUT2D eigenvalue weighted by molar-refractivity contribution is 7.22. The number of carbonyl (C=O) groups is 1. The largest absolute Gasteiger partial charge is 0.334 e. The standard InChI is InChI=1S/C33H30F2N2O2S/c1-21(2)30(38)26-20-37(19-24-27(34)15-10-16-28(24)35)33-29(31(26)39)25(32(40-33)23-13-8-5-9-14-23)18-36(3)17-22-11-6-4-7-12-22/h4-16,20-21H,17-19H2,1-3H3. The van der Waals surface area contributed by atoms with Gasteiger partial charge in [-0.15, -0.1) is 11.3 Å². The van der Waals surface area contributed by atoms with Gasteiger partial charge in [0, 0.05) is 35.6 Å². The maximum absolute atomic E-state index is 14.7. The van der Waals surface area contributed by atoms with Crippen LogP contribution in [0.1, 0.15) is 40.9 Å². The summed E-state index contributed by atoms with van der Waals surface area (Å²) in [6.07, 6.45) is 1.47. The Bertz CT molecular complexity index is 1710. The lowest BCUT2D eigenvalue weighted by molar-refractivity contribution is 0.0938. The second-order valence-electron chi connectivity index (χ2n) is 10.3. The van der Waals surface area contributed by atoms with E-state index < -0.39 is 17.6 Å². The lowest BCUT2D eigenvalue weighted by atomic mass is 9.99. The minimum atomic E-state index is -0.675. The van der Waals surface area contributed by atoms with E-state index in [4.69, 9.17) is 0 Å². The Morgan fingerprint density at radius 1 is 0.875 bits per heavy atom. The fourth-order valence-electron chi connectivity index (χ4n) is 4.95. The van der Waals surface area contributed by atoms with E-state index in [9.17, 15) is 18.4 Å². The van der Waals surface area contributed by atoms with Crippen molar-refractivity contribution in [2.45, 2.75) is 33.5 Å². The summed E-state index contributed by atoms with van der Waals surface area (Å²) >= 11 is 1.41. The molecule has 0 N–H and O–H groups in total. The summed E-state index contributed by atoms with van der Waals surface area (Å²) < 4.78 is 31.2. The average molecular weight is 557 g/mol. The molecule has 0 atom stereocenters. The van der Waals surface area contributed by atoms with Crippen molar-refractivity contribution in [2.24, 2.45) is 5.92 Å². The average Bonchev–Trinajstić information content (AvgIpc) is 3.32. The van der Waals surface area contributed by atoms with E-state index in [2.05, 4.69) is 17.0 Å². The fraction of sp³-hybridized carbons (Fsp3) is 0.212. The second-order valence-corrected chi connectivity index (χ2v) is 11.3. The molecule has 0 radical (unpaired) electrons. The van der Waals surface area contributed by atoms with Crippen molar-refractivity contribution in [3.05, 3.63) is 129 Å². The molecule has 0 unspecified atom stereocenters. The van der Waals surface area contributed by atoms with Gasteiger partial charge in [-0.3, -0.25) is 14.5 Å². The van der Waals surface area contributed by atoms with E-state index in [1.54, 1.807) is 18.4 Å². The minimum Gasteiger partial charge on any atom is -0.334 e. The van der Waals surface area contributed by atoms with Gasteiger partial charge in [0.05, 0.1) is 17.5 Å². The van der Waals surface area contributed by atoms with E-state index in [1.165, 1.54) is 35.7 Å². The Balaban J connectivity index is 1.75. The van der Waals surface area contributed by atoms with Crippen LogP contribution in [0.4, 0.5) is 8.78 Å². The summed E-state index contributed by atoms with van der Waals surface area (Å²) in [7, 11) is 1.99. The summed E-state index contributed by atoms with van der Waals surface area (Å²) in [4.78, 5) is 30.9. The molecule has 2 heterocycles. The smallest absolute Gasteiger partial charge is 0.201 e. The molecule has 0 spiro atoms. The highest BCUT2D eigenvalue weighted by Crippen LogP contribution is 2.39. The van der Waals surface area contributed by atoms with Crippen molar-refractivity contribution in [1.82, 2.24) is 9.47 Å². The Kier molecular flexibility index (Phi) is 8.05. The maximum Gasteiger partial charge on any atom is 0.201 e. The molecule has 0 amide bonds. The molecule has 0 bridgehead atoms. The number of fused-ring (bicyclic) bond motifs is 1. The van der Waals surface area contributed by atoms with Crippen LogP contribution < -0.4 is 5.43 Å². The SMILES string of the molecule is CC(C)C(=O)c1cn(Cc2c(F)cccc2F)c2sc(-c3ccccc3)c(CN(C)Cc3ccccc3)c2c1=O. The van der Waals surface area contributed by atoms with Gasteiger partial charge in [-0.1, -0.05) is 80.6 Å². The zero-order valence-electron chi connectivity index (χ0n) is 22.7. The molecule has 0 saturated carbocycles. The van der Waals surface area contributed by atoms with Crippen LogP contribution in [0.5, 0.6) is 0 Å². The molecule has 7 heteroatoms. The van der Waals surface area contributed by atoms with Gasteiger partial charge >= 0.3 is 0 Å². The van der Waals surface area contributed by atoms with Crippen LogP contribution in [0.2, 0.25) is 0 Å². The zero-order chi connectivity index (χ0) is 28.4. The van der Waals surface area contributed by atoms with Gasteiger partial charge in [0.25, 0.3) is 0 Å². The third kappa shape index (κ3) is 5.53. The van der Waals surface area contributed by atoms with Crippen molar-refractivity contribution in [3.8, 4) is 10.4 Å². The zero-order valence-corrected chi connectivity index (χ0v) is 23.5. The highest BCUT2D eigenvalue weighted by Gasteiger charge is 2.25. The number of aromatic nitrogens is 1. The first kappa shape index (κ1) is 27.6. The van der Waals surface area contributed by atoms with Crippen molar-refractivity contribution < 1.29 is 13.6 Å². The number of benzene rings is 3. The van der Waals surface area contributed by atoms with E-state index in [1.807, 2.05) is 55.6 Å². The summed E-state index contributed by atoms with van der Waals surface area (Å²) in [6.45, 7) is 4.43. The first-order valence-electron chi connectivity index (χ1n) is 13.2. The van der Waals surface area contributed by atoms with Crippen LogP contribution in [-0.2, 0) is 19.6 Å². The number of pyridine rings is 1. The van der Waals surface area contributed by atoms with Gasteiger partial charge in [-0.25, -0.2) is 8.78 Å². The number of nitrogens with zero attached hydrogens (tertiary/aromatic N) is 2. The third-order valence-electron chi connectivity index (χ3n) is 6.95. The van der Waals surface area contributed by atoms with Gasteiger partial charge in [0.15, 0.2) is 5.78 Å². The fourth-order valence-corrected chi connectivity index (χ4v) is 6.24. The molecule has 2 aromatic heterocycles. The van der Waals surface area contributed by atoms with Gasteiger partial charge in [0.1, 0.15) is 16.5 Å². The number of thiophene rings is 1. The van der Waals surface area contributed by atoms with Crippen LogP contribution in [0.3, 0.4) is 0 Å². The summed E-state index contributed by atoms with van der Waals surface area (Å²) in [6, 6.07) is 23.6. The van der Waals surface area contributed by atoms with Gasteiger partial charge < -0.3 is 4.57 Å². The lowest BCUT2D eigenvalue weighted by Crippen LogP contribution is -2.24. The molecule has 40 heavy (non-hydrogen) atoms. The Morgan fingerprint density at radius 2 is 1.50 bits per heavy atom. The van der Waals surface area contributed by atoms with Crippen molar-refractivity contribution in [2.75, 3.05) is 7.05 Å². The topological polar surface area (TPSA) is 42.3 Å². The molecule has 0 aliphatic heterocycles. The molecule has 5 rings (SSSR count). The van der Waals surface area contributed by atoms with Crippen LogP contribution >= 0.6 is 11.3 Å². The molecule has 0 aliphatic carbocycles. The Hall–Kier alpha value is -3.94. The molecule has 4 nitrogen and oxygen atoms in total. The maximum atomic E-state index is 14.7. The minimum absolute atomic E-state index is 0.0311.